The molecule has 1 rings (SSSR count). The molecule has 0 spiro atoms. The van der Waals surface area contributed by atoms with Gasteiger partial charge in [-0.15, -0.1) is 0 Å². The molecule has 0 N–H and O–H groups in total. The van der Waals surface area contributed by atoms with Crippen LogP contribution < -0.4 is 0 Å². The molecule has 78 valence electrons. The van der Waals surface area contributed by atoms with Crippen LogP contribution in [-0.4, -0.2) is 5.92 Å². The summed E-state index contributed by atoms with van der Waals surface area (Å²) < 4.78 is 26.2. The summed E-state index contributed by atoms with van der Waals surface area (Å²) >= 11 is 0. The Bertz CT molecular complexity index is 143. The molecule has 0 aromatic carbocycles. The highest BCUT2D eigenvalue weighted by atomic mass is 19.3. The van der Waals surface area contributed by atoms with Gasteiger partial charge in [0.1, 0.15) is 0 Å². The third-order valence-corrected chi connectivity index (χ3v) is 3.04. The van der Waals surface area contributed by atoms with E-state index in [9.17, 15) is 8.78 Å². The van der Waals surface area contributed by atoms with Crippen LogP contribution in [0.2, 0.25) is 0 Å². The fourth-order valence-electron chi connectivity index (χ4n) is 2.06. The van der Waals surface area contributed by atoms with Crippen LogP contribution in [-0.2, 0) is 0 Å². The molecule has 0 heterocycles. The van der Waals surface area contributed by atoms with Crippen LogP contribution in [0, 0.1) is 5.41 Å². The second kappa shape index (κ2) is 3.93. The van der Waals surface area contributed by atoms with Gasteiger partial charge < -0.3 is 0 Å². The smallest absolute Gasteiger partial charge is 0.207 e. The standard InChI is InChI=1S/C11H20F2/c1-10(2)6-3-4-8-11(12,13)9-5-7-10/h3-9H2,1-2H3. The topological polar surface area (TPSA) is 0 Å². The third-order valence-electron chi connectivity index (χ3n) is 3.04. The zero-order valence-corrected chi connectivity index (χ0v) is 8.71. The lowest BCUT2D eigenvalue weighted by Crippen LogP contribution is -2.15. The Hall–Kier alpha value is -0.140. The first-order valence-electron chi connectivity index (χ1n) is 5.29. The van der Waals surface area contributed by atoms with E-state index in [0.717, 1.165) is 19.3 Å². The minimum absolute atomic E-state index is 0.0937. The molecule has 0 bridgehead atoms. The van der Waals surface area contributed by atoms with Crippen LogP contribution in [0.25, 0.3) is 0 Å². The average Bonchev–Trinajstić information content (AvgIpc) is 2.01. The number of halogens is 2. The molecule has 1 aliphatic rings. The molecule has 0 unspecified atom stereocenters. The molecular formula is C11H20F2. The molecule has 0 aliphatic heterocycles. The largest absolute Gasteiger partial charge is 0.248 e. The zero-order valence-electron chi connectivity index (χ0n) is 8.71. The molecule has 2 heteroatoms. The lowest BCUT2D eigenvalue weighted by molar-refractivity contribution is -0.0195. The summed E-state index contributed by atoms with van der Waals surface area (Å²) in [5, 5.41) is 0. The van der Waals surface area contributed by atoms with Gasteiger partial charge in [-0.25, -0.2) is 8.78 Å². The van der Waals surface area contributed by atoms with Gasteiger partial charge in [0.25, 0.3) is 0 Å². The van der Waals surface area contributed by atoms with Crippen LogP contribution in [0.4, 0.5) is 8.78 Å². The van der Waals surface area contributed by atoms with Crippen molar-refractivity contribution in [2.45, 2.75) is 64.7 Å². The van der Waals surface area contributed by atoms with Crippen LogP contribution in [0.1, 0.15) is 58.8 Å². The molecule has 0 nitrogen and oxygen atoms in total. The van der Waals surface area contributed by atoms with Gasteiger partial charge in [-0.2, -0.15) is 0 Å². The highest BCUT2D eigenvalue weighted by Crippen LogP contribution is 2.36. The second-order valence-corrected chi connectivity index (χ2v) is 5.08. The zero-order chi connectivity index (χ0) is 9.95. The highest BCUT2D eigenvalue weighted by Gasteiger charge is 2.30. The van der Waals surface area contributed by atoms with E-state index in [1.165, 1.54) is 0 Å². The minimum atomic E-state index is -2.39. The Morgan fingerprint density at radius 1 is 0.769 bits per heavy atom. The van der Waals surface area contributed by atoms with E-state index in [1.807, 2.05) is 0 Å². The maximum atomic E-state index is 13.1. The number of hydrogen-bond donors (Lipinski definition) is 0. The minimum Gasteiger partial charge on any atom is -0.207 e. The van der Waals surface area contributed by atoms with Crippen molar-refractivity contribution < 1.29 is 8.78 Å². The van der Waals surface area contributed by atoms with E-state index in [-0.39, 0.29) is 18.3 Å². The van der Waals surface area contributed by atoms with Crippen molar-refractivity contribution in [3.8, 4) is 0 Å². The molecule has 1 aliphatic carbocycles. The summed E-state index contributed by atoms with van der Waals surface area (Å²) in [6.07, 6.45) is 4.57. The van der Waals surface area contributed by atoms with Gasteiger partial charge in [0.2, 0.25) is 5.92 Å². The molecule has 13 heavy (non-hydrogen) atoms. The van der Waals surface area contributed by atoms with Crippen molar-refractivity contribution in [3.05, 3.63) is 0 Å². The van der Waals surface area contributed by atoms with Gasteiger partial charge >= 0.3 is 0 Å². The van der Waals surface area contributed by atoms with Gasteiger partial charge in [-0.3, -0.25) is 0 Å². The van der Waals surface area contributed by atoms with Crippen LogP contribution in [0.5, 0.6) is 0 Å². The van der Waals surface area contributed by atoms with Crippen LogP contribution in [0.15, 0.2) is 0 Å². The summed E-state index contributed by atoms with van der Waals surface area (Å²) in [6.45, 7) is 4.38. The molecule has 0 aromatic rings. The summed E-state index contributed by atoms with van der Waals surface area (Å²) in [4.78, 5) is 0. The Kier molecular flexibility index (Phi) is 3.31. The molecule has 0 atom stereocenters. The summed E-state index contributed by atoms with van der Waals surface area (Å²) in [5.74, 6) is -2.39. The lowest BCUT2D eigenvalue weighted by Gasteiger charge is -2.23. The first-order chi connectivity index (χ1) is 5.91. The number of alkyl halides is 2. The quantitative estimate of drug-likeness (QED) is 0.531. The Morgan fingerprint density at radius 3 is 1.92 bits per heavy atom. The molecule has 0 aromatic heterocycles. The SMILES string of the molecule is CC1(C)CCCCC(F)(F)CCC1. The molecule has 0 saturated heterocycles. The lowest BCUT2D eigenvalue weighted by atomic mass is 9.83. The van der Waals surface area contributed by atoms with Crippen molar-refractivity contribution in [1.82, 2.24) is 0 Å². The van der Waals surface area contributed by atoms with E-state index in [4.69, 9.17) is 0 Å². The number of rotatable bonds is 0. The summed E-state index contributed by atoms with van der Waals surface area (Å²) in [7, 11) is 0. The number of hydrogen-bond acceptors (Lipinski definition) is 0. The van der Waals surface area contributed by atoms with Crippen molar-refractivity contribution in [3.63, 3.8) is 0 Å². The summed E-state index contributed by atoms with van der Waals surface area (Å²) in [6, 6.07) is 0. The molecule has 0 amide bonds. The molecule has 0 radical (unpaired) electrons. The van der Waals surface area contributed by atoms with Crippen molar-refractivity contribution in [1.29, 1.82) is 0 Å². The maximum Gasteiger partial charge on any atom is 0.248 e. The monoisotopic (exact) mass is 190 g/mol. The molecule has 1 fully saturated rings. The maximum absolute atomic E-state index is 13.1. The fourth-order valence-corrected chi connectivity index (χ4v) is 2.06. The first-order valence-corrected chi connectivity index (χ1v) is 5.29. The van der Waals surface area contributed by atoms with E-state index < -0.39 is 5.92 Å². The van der Waals surface area contributed by atoms with Gasteiger partial charge in [0.05, 0.1) is 0 Å². The van der Waals surface area contributed by atoms with E-state index in [1.54, 1.807) is 0 Å². The second-order valence-electron chi connectivity index (χ2n) is 5.08. The van der Waals surface area contributed by atoms with Crippen molar-refractivity contribution in [2.24, 2.45) is 5.41 Å². The molecular weight excluding hydrogens is 170 g/mol. The third kappa shape index (κ3) is 4.06. The van der Waals surface area contributed by atoms with Gasteiger partial charge in [0.15, 0.2) is 0 Å². The Labute approximate surface area is 79.7 Å². The van der Waals surface area contributed by atoms with Crippen LogP contribution in [0.3, 0.4) is 0 Å². The fraction of sp³-hybridized carbons (Fsp3) is 1.00. The van der Waals surface area contributed by atoms with Gasteiger partial charge in [0, 0.05) is 12.8 Å². The average molecular weight is 190 g/mol. The predicted octanol–water partition coefficient (Wildman–Crippen LogP) is 4.39. The van der Waals surface area contributed by atoms with E-state index in [0.29, 0.717) is 12.8 Å². The van der Waals surface area contributed by atoms with Gasteiger partial charge in [-0.1, -0.05) is 20.3 Å². The van der Waals surface area contributed by atoms with E-state index >= 15 is 0 Å². The highest BCUT2D eigenvalue weighted by molar-refractivity contribution is 4.75. The predicted molar refractivity (Wildman–Crippen MR) is 51.0 cm³/mol. The Balaban J connectivity index is 2.48. The normalized spacial score (nSPS) is 28.6. The van der Waals surface area contributed by atoms with E-state index in [2.05, 4.69) is 13.8 Å². The Morgan fingerprint density at radius 2 is 1.23 bits per heavy atom. The first kappa shape index (κ1) is 10.9. The van der Waals surface area contributed by atoms with Crippen molar-refractivity contribution in [2.75, 3.05) is 0 Å². The van der Waals surface area contributed by atoms with Crippen LogP contribution >= 0.6 is 0 Å². The van der Waals surface area contributed by atoms with Crippen molar-refractivity contribution >= 4 is 0 Å². The summed E-state index contributed by atoms with van der Waals surface area (Å²) in [5.41, 5.74) is 0.278. The molecule has 1 saturated carbocycles. The van der Waals surface area contributed by atoms with Gasteiger partial charge in [-0.05, 0) is 31.1 Å².